The van der Waals surface area contributed by atoms with E-state index < -0.39 is 0 Å². The predicted molar refractivity (Wildman–Crippen MR) is 73.5 cm³/mol. The van der Waals surface area contributed by atoms with Crippen LogP contribution in [0.15, 0.2) is 30.3 Å². The number of anilines is 1. The highest BCUT2D eigenvalue weighted by Crippen LogP contribution is 2.30. The Bertz CT molecular complexity index is 558. The molecular weight excluding hydrogens is 242 g/mol. The third-order valence-electron chi connectivity index (χ3n) is 2.53. The molecular formula is C14H17N3O2. The van der Waals surface area contributed by atoms with Crippen LogP contribution in [0.2, 0.25) is 0 Å². The smallest absolute Gasteiger partial charge is 0.224 e. The van der Waals surface area contributed by atoms with Gasteiger partial charge in [-0.05, 0) is 18.6 Å². The first-order valence-corrected chi connectivity index (χ1v) is 6.17. The fraction of sp³-hybridized carbons (Fsp3) is 0.286. The Morgan fingerprint density at radius 1 is 1.16 bits per heavy atom. The predicted octanol–water partition coefficient (Wildman–Crippen LogP) is 2.81. The average molecular weight is 259 g/mol. The number of aryl methyl sites for hydroxylation is 1. The van der Waals surface area contributed by atoms with Crippen molar-refractivity contribution in [1.82, 2.24) is 9.97 Å². The lowest BCUT2D eigenvalue weighted by molar-refractivity contribution is 0.373. The highest BCUT2D eigenvalue weighted by atomic mass is 16.5. The van der Waals surface area contributed by atoms with Gasteiger partial charge in [-0.15, -0.1) is 0 Å². The number of benzene rings is 1. The number of nitrogen functional groups attached to an aromatic ring is 1. The standard InChI is InChI=1S/C14H17N3O2/c1-3-6-13-16-12(15)9-14(17-13)19-11-8-5-4-7-10(11)18-2/h4-5,7-9H,3,6H2,1-2H3,(H2,15,16,17). The summed E-state index contributed by atoms with van der Waals surface area (Å²) in [4.78, 5) is 8.49. The van der Waals surface area contributed by atoms with E-state index in [-0.39, 0.29) is 0 Å². The topological polar surface area (TPSA) is 70.3 Å². The molecule has 0 aliphatic rings. The van der Waals surface area contributed by atoms with E-state index >= 15 is 0 Å². The van der Waals surface area contributed by atoms with Crippen molar-refractivity contribution in [2.45, 2.75) is 19.8 Å². The van der Waals surface area contributed by atoms with Gasteiger partial charge in [0, 0.05) is 12.5 Å². The van der Waals surface area contributed by atoms with Gasteiger partial charge in [0.1, 0.15) is 11.6 Å². The molecule has 0 aliphatic carbocycles. The summed E-state index contributed by atoms with van der Waals surface area (Å²) in [5.74, 6) is 2.78. The summed E-state index contributed by atoms with van der Waals surface area (Å²) in [6, 6.07) is 8.99. The highest BCUT2D eigenvalue weighted by molar-refractivity contribution is 5.43. The fourth-order valence-corrected chi connectivity index (χ4v) is 1.70. The molecule has 0 radical (unpaired) electrons. The Kier molecular flexibility index (Phi) is 4.18. The first-order chi connectivity index (χ1) is 9.22. The maximum absolute atomic E-state index is 5.75. The van der Waals surface area contributed by atoms with Crippen LogP contribution in [0.5, 0.6) is 17.4 Å². The van der Waals surface area contributed by atoms with Gasteiger partial charge in [0.05, 0.1) is 7.11 Å². The molecule has 100 valence electrons. The van der Waals surface area contributed by atoms with Crippen LogP contribution in [-0.4, -0.2) is 17.1 Å². The molecule has 0 fully saturated rings. The molecule has 1 heterocycles. The second-order valence-electron chi connectivity index (χ2n) is 4.05. The lowest BCUT2D eigenvalue weighted by atomic mass is 10.3. The second kappa shape index (κ2) is 6.04. The van der Waals surface area contributed by atoms with Gasteiger partial charge in [0.15, 0.2) is 11.5 Å². The number of para-hydroxylation sites is 2. The molecule has 2 N–H and O–H groups in total. The normalized spacial score (nSPS) is 10.2. The van der Waals surface area contributed by atoms with Crippen LogP contribution in [0.4, 0.5) is 5.82 Å². The van der Waals surface area contributed by atoms with E-state index in [1.807, 2.05) is 24.3 Å². The molecule has 0 bridgehead atoms. The Balaban J connectivity index is 2.27. The molecule has 0 spiro atoms. The summed E-state index contributed by atoms with van der Waals surface area (Å²) in [5, 5.41) is 0. The van der Waals surface area contributed by atoms with Crippen molar-refractivity contribution >= 4 is 5.82 Å². The average Bonchev–Trinajstić information content (AvgIpc) is 2.39. The molecule has 0 unspecified atom stereocenters. The van der Waals surface area contributed by atoms with Crippen molar-refractivity contribution in [3.8, 4) is 17.4 Å². The van der Waals surface area contributed by atoms with Crippen LogP contribution in [0.3, 0.4) is 0 Å². The van der Waals surface area contributed by atoms with Gasteiger partial charge in [0.25, 0.3) is 0 Å². The summed E-state index contributed by atoms with van der Waals surface area (Å²) in [6.45, 7) is 2.06. The Morgan fingerprint density at radius 2 is 1.89 bits per heavy atom. The summed E-state index contributed by atoms with van der Waals surface area (Å²) in [6.07, 6.45) is 1.73. The van der Waals surface area contributed by atoms with Crippen molar-refractivity contribution in [2.24, 2.45) is 0 Å². The molecule has 2 rings (SSSR count). The van der Waals surface area contributed by atoms with Gasteiger partial charge in [-0.3, -0.25) is 0 Å². The molecule has 19 heavy (non-hydrogen) atoms. The van der Waals surface area contributed by atoms with Crippen molar-refractivity contribution in [2.75, 3.05) is 12.8 Å². The molecule has 0 saturated heterocycles. The fourth-order valence-electron chi connectivity index (χ4n) is 1.70. The summed E-state index contributed by atoms with van der Waals surface area (Å²) in [7, 11) is 1.60. The van der Waals surface area contributed by atoms with Crippen molar-refractivity contribution in [1.29, 1.82) is 0 Å². The zero-order valence-corrected chi connectivity index (χ0v) is 11.1. The first-order valence-electron chi connectivity index (χ1n) is 6.17. The lowest BCUT2D eigenvalue weighted by Crippen LogP contribution is -2.01. The molecule has 1 aromatic carbocycles. The van der Waals surface area contributed by atoms with Gasteiger partial charge >= 0.3 is 0 Å². The minimum absolute atomic E-state index is 0.406. The Labute approximate surface area is 112 Å². The number of methoxy groups -OCH3 is 1. The zero-order valence-electron chi connectivity index (χ0n) is 11.1. The Morgan fingerprint density at radius 3 is 2.58 bits per heavy atom. The van der Waals surface area contributed by atoms with Crippen LogP contribution in [0.25, 0.3) is 0 Å². The third kappa shape index (κ3) is 3.34. The van der Waals surface area contributed by atoms with Crippen LogP contribution < -0.4 is 15.2 Å². The van der Waals surface area contributed by atoms with E-state index in [2.05, 4.69) is 16.9 Å². The number of nitrogens with zero attached hydrogens (tertiary/aromatic N) is 2. The van der Waals surface area contributed by atoms with E-state index in [9.17, 15) is 0 Å². The Hall–Kier alpha value is -2.30. The second-order valence-corrected chi connectivity index (χ2v) is 4.05. The van der Waals surface area contributed by atoms with Gasteiger partial charge < -0.3 is 15.2 Å². The molecule has 2 aromatic rings. The molecule has 0 atom stereocenters. The zero-order chi connectivity index (χ0) is 13.7. The van der Waals surface area contributed by atoms with Crippen LogP contribution in [-0.2, 0) is 6.42 Å². The van der Waals surface area contributed by atoms with Crippen molar-refractivity contribution < 1.29 is 9.47 Å². The SMILES string of the molecule is CCCc1nc(N)cc(Oc2ccccc2OC)n1. The maximum Gasteiger partial charge on any atom is 0.224 e. The van der Waals surface area contributed by atoms with E-state index in [4.69, 9.17) is 15.2 Å². The third-order valence-corrected chi connectivity index (χ3v) is 2.53. The van der Waals surface area contributed by atoms with Gasteiger partial charge in [-0.2, -0.15) is 4.98 Å². The van der Waals surface area contributed by atoms with Gasteiger partial charge in [-0.1, -0.05) is 19.1 Å². The maximum atomic E-state index is 5.75. The van der Waals surface area contributed by atoms with E-state index in [0.717, 1.165) is 12.8 Å². The summed E-state index contributed by atoms with van der Waals surface area (Å²) in [5.41, 5.74) is 5.75. The molecule has 0 aliphatic heterocycles. The molecule has 1 aromatic heterocycles. The van der Waals surface area contributed by atoms with E-state index in [0.29, 0.717) is 29.0 Å². The largest absolute Gasteiger partial charge is 0.493 e. The van der Waals surface area contributed by atoms with Crippen LogP contribution in [0.1, 0.15) is 19.2 Å². The number of ether oxygens (including phenoxy) is 2. The monoisotopic (exact) mass is 259 g/mol. The van der Waals surface area contributed by atoms with Crippen molar-refractivity contribution in [3.63, 3.8) is 0 Å². The number of hydrogen-bond donors (Lipinski definition) is 1. The van der Waals surface area contributed by atoms with Crippen LogP contribution in [0, 0.1) is 0 Å². The van der Waals surface area contributed by atoms with Gasteiger partial charge in [0.2, 0.25) is 5.88 Å². The minimum atomic E-state index is 0.406. The van der Waals surface area contributed by atoms with E-state index in [1.165, 1.54) is 0 Å². The number of rotatable bonds is 5. The number of aromatic nitrogens is 2. The quantitative estimate of drug-likeness (QED) is 0.894. The lowest BCUT2D eigenvalue weighted by Gasteiger charge is -2.10. The first kappa shape index (κ1) is 13.1. The van der Waals surface area contributed by atoms with Gasteiger partial charge in [-0.25, -0.2) is 4.98 Å². The van der Waals surface area contributed by atoms with Crippen LogP contribution >= 0.6 is 0 Å². The van der Waals surface area contributed by atoms with E-state index in [1.54, 1.807) is 13.2 Å². The molecule has 5 heteroatoms. The summed E-state index contributed by atoms with van der Waals surface area (Å²) < 4.78 is 10.9. The molecule has 0 saturated carbocycles. The van der Waals surface area contributed by atoms with Crippen molar-refractivity contribution in [3.05, 3.63) is 36.2 Å². The number of hydrogen-bond acceptors (Lipinski definition) is 5. The highest BCUT2D eigenvalue weighted by Gasteiger charge is 2.08. The summed E-state index contributed by atoms with van der Waals surface area (Å²) >= 11 is 0. The molecule has 5 nitrogen and oxygen atoms in total. The number of nitrogens with two attached hydrogens (primary N) is 1. The minimum Gasteiger partial charge on any atom is -0.493 e. The molecule has 0 amide bonds.